The number of para-hydroxylation sites is 1. The summed E-state index contributed by atoms with van der Waals surface area (Å²) in [6.45, 7) is 2.67. The van der Waals surface area contributed by atoms with Crippen molar-refractivity contribution in [3.63, 3.8) is 0 Å². The van der Waals surface area contributed by atoms with E-state index in [0.717, 1.165) is 10.6 Å². The summed E-state index contributed by atoms with van der Waals surface area (Å²) in [4.78, 5) is 6.57. The molecule has 2 rings (SSSR count). The molecule has 0 N–H and O–H groups in total. The second-order valence-corrected chi connectivity index (χ2v) is 4.49. The number of benzene rings is 1. The maximum atomic E-state index is 5.28. The molecule has 15 heavy (non-hydrogen) atoms. The van der Waals surface area contributed by atoms with E-state index in [2.05, 4.69) is 36.0 Å². The summed E-state index contributed by atoms with van der Waals surface area (Å²) < 4.78 is 1.22. The number of anilines is 1. The van der Waals surface area contributed by atoms with Crippen LogP contribution in [0.5, 0.6) is 0 Å². The molecule has 0 atom stereocenters. The predicted octanol–water partition coefficient (Wildman–Crippen LogP) is 2.67. The first kappa shape index (κ1) is 10.0. The summed E-state index contributed by atoms with van der Waals surface area (Å²) in [6.07, 6.45) is 5.28. The number of hydrogen-bond acceptors (Lipinski definition) is 3. The van der Waals surface area contributed by atoms with Gasteiger partial charge in [0, 0.05) is 7.05 Å². The minimum Gasteiger partial charge on any atom is -0.340 e. The molecule has 0 bridgehead atoms. The molecule has 2 aromatic rings. The van der Waals surface area contributed by atoms with Crippen LogP contribution in [0.1, 0.15) is 5.56 Å². The van der Waals surface area contributed by atoms with Gasteiger partial charge in [0.1, 0.15) is 0 Å². The smallest absolute Gasteiger partial charge is 0.186 e. The van der Waals surface area contributed by atoms with Crippen LogP contribution in [0.15, 0.2) is 18.2 Å². The van der Waals surface area contributed by atoms with Crippen LogP contribution in [0.3, 0.4) is 0 Å². The monoisotopic (exact) mass is 216 g/mol. The van der Waals surface area contributed by atoms with E-state index in [-0.39, 0.29) is 0 Å². The van der Waals surface area contributed by atoms with Gasteiger partial charge in [-0.1, -0.05) is 29.4 Å². The molecule has 0 spiro atoms. The highest BCUT2D eigenvalue weighted by Crippen LogP contribution is 2.29. The Kier molecular flexibility index (Phi) is 2.61. The highest BCUT2D eigenvalue weighted by Gasteiger charge is 2.08. The first-order valence-electron chi connectivity index (χ1n) is 4.73. The second kappa shape index (κ2) is 3.92. The van der Waals surface area contributed by atoms with Crippen molar-refractivity contribution in [2.75, 3.05) is 18.5 Å². The normalized spacial score (nSPS) is 10.2. The Morgan fingerprint density at radius 3 is 3.00 bits per heavy atom. The van der Waals surface area contributed by atoms with Crippen LogP contribution in [0.4, 0.5) is 5.13 Å². The molecule has 0 amide bonds. The molecule has 0 saturated heterocycles. The molecule has 1 heterocycles. The number of fused-ring (bicyclic) bond motifs is 1. The Balaban J connectivity index is 2.48. The van der Waals surface area contributed by atoms with E-state index in [1.165, 1.54) is 10.3 Å². The van der Waals surface area contributed by atoms with E-state index in [4.69, 9.17) is 6.42 Å². The van der Waals surface area contributed by atoms with E-state index in [9.17, 15) is 0 Å². The molecule has 0 saturated carbocycles. The highest BCUT2D eigenvalue weighted by atomic mass is 32.1. The van der Waals surface area contributed by atoms with Crippen molar-refractivity contribution in [2.24, 2.45) is 0 Å². The molecular formula is C12H12N2S. The van der Waals surface area contributed by atoms with Gasteiger partial charge in [-0.2, -0.15) is 0 Å². The highest BCUT2D eigenvalue weighted by molar-refractivity contribution is 7.22. The first-order chi connectivity index (χ1) is 7.22. The molecule has 0 fully saturated rings. The van der Waals surface area contributed by atoms with Crippen LogP contribution in [0, 0.1) is 19.3 Å². The topological polar surface area (TPSA) is 16.1 Å². The van der Waals surface area contributed by atoms with Crippen LogP contribution in [0.2, 0.25) is 0 Å². The molecule has 2 nitrogen and oxygen atoms in total. The minimum atomic E-state index is 0.596. The maximum absolute atomic E-state index is 5.28. The van der Waals surface area contributed by atoms with Gasteiger partial charge in [0.05, 0.1) is 16.8 Å². The van der Waals surface area contributed by atoms with Gasteiger partial charge in [-0.25, -0.2) is 4.98 Å². The number of hydrogen-bond donors (Lipinski definition) is 0. The lowest BCUT2D eigenvalue weighted by Gasteiger charge is -2.10. The van der Waals surface area contributed by atoms with Crippen molar-refractivity contribution in [1.82, 2.24) is 4.98 Å². The molecule has 0 radical (unpaired) electrons. The lowest BCUT2D eigenvalue weighted by Crippen LogP contribution is -2.16. The molecule has 0 aliphatic heterocycles. The molecule has 0 aliphatic carbocycles. The van der Waals surface area contributed by atoms with Crippen molar-refractivity contribution in [1.29, 1.82) is 0 Å². The third-order valence-corrected chi connectivity index (χ3v) is 3.40. The lowest BCUT2D eigenvalue weighted by atomic mass is 10.2. The van der Waals surface area contributed by atoms with E-state index in [1.54, 1.807) is 11.3 Å². The Labute approximate surface area is 93.6 Å². The summed E-state index contributed by atoms with van der Waals surface area (Å²) in [5.74, 6) is 2.62. The molecule has 76 valence electrons. The second-order valence-electron chi connectivity index (χ2n) is 3.48. The lowest BCUT2D eigenvalue weighted by molar-refractivity contribution is 1.04. The quantitative estimate of drug-likeness (QED) is 0.717. The fraction of sp³-hybridized carbons (Fsp3) is 0.250. The number of aromatic nitrogens is 1. The molecule has 1 aromatic heterocycles. The van der Waals surface area contributed by atoms with Crippen molar-refractivity contribution in [3.05, 3.63) is 23.8 Å². The first-order valence-corrected chi connectivity index (χ1v) is 5.55. The van der Waals surface area contributed by atoms with Crippen molar-refractivity contribution in [3.8, 4) is 12.3 Å². The van der Waals surface area contributed by atoms with Gasteiger partial charge < -0.3 is 4.90 Å². The number of rotatable bonds is 2. The van der Waals surface area contributed by atoms with Crippen molar-refractivity contribution < 1.29 is 0 Å². The Morgan fingerprint density at radius 2 is 2.33 bits per heavy atom. The summed E-state index contributed by atoms with van der Waals surface area (Å²) >= 11 is 1.68. The Bertz CT molecular complexity index is 522. The third kappa shape index (κ3) is 1.81. The fourth-order valence-electron chi connectivity index (χ4n) is 1.44. The third-order valence-electron chi connectivity index (χ3n) is 2.26. The summed E-state index contributed by atoms with van der Waals surface area (Å²) in [5.41, 5.74) is 2.30. The van der Waals surface area contributed by atoms with Gasteiger partial charge in [0.25, 0.3) is 0 Å². The van der Waals surface area contributed by atoms with Gasteiger partial charge >= 0.3 is 0 Å². The van der Waals surface area contributed by atoms with Crippen LogP contribution < -0.4 is 4.90 Å². The standard InChI is InChI=1S/C12H12N2S/c1-4-8-14(3)12-13-11-9(2)6-5-7-10(11)15-12/h1,5-7H,8H2,2-3H3. The number of aryl methyl sites for hydroxylation is 1. The average Bonchev–Trinajstić information content (AvgIpc) is 2.63. The Hall–Kier alpha value is -1.53. The van der Waals surface area contributed by atoms with E-state index in [0.29, 0.717) is 6.54 Å². The minimum absolute atomic E-state index is 0.596. The largest absolute Gasteiger partial charge is 0.340 e. The fourth-order valence-corrected chi connectivity index (χ4v) is 2.45. The summed E-state index contributed by atoms with van der Waals surface area (Å²) in [5, 5.41) is 0.984. The van der Waals surface area contributed by atoms with Crippen molar-refractivity contribution in [2.45, 2.75) is 6.92 Å². The molecule has 3 heteroatoms. The molecule has 0 aliphatic rings. The van der Waals surface area contributed by atoms with Gasteiger partial charge in [0.15, 0.2) is 5.13 Å². The zero-order chi connectivity index (χ0) is 10.8. The van der Waals surface area contributed by atoms with Gasteiger partial charge in [-0.05, 0) is 18.6 Å². The maximum Gasteiger partial charge on any atom is 0.186 e. The van der Waals surface area contributed by atoms with Crippen LogP contribution in [-0.2, 0) is 0 Å². The van der Waals surface area contributed by atoms with E-state index >= 15 is 0 Å². The summed E-state index contributed by atoms with van der Waals surface area (Å²) in [7, 11) is 1.97. The SMILES string of the molecule is C#CCN(C)c1nc2c(C)cccc2s1. The Morgan fingerprint density at radius 1 is 1.53 bits per heavy atom. The average molecular weight is 216 g/mol. The van der Waals surface area contributed by atoms with Gasteiger partial charge in [0.2, 0.25) is 0 Å². The zero-order valence-corrected chi connectivity index (χ0v) is 9.64. The van der Waals surface area contributed by atoms with E-state index in [1.807, 2.05) is 11.9 Å². The number of terminal acetylenes is 1. The van der Waals surface area contributed by atoms with Gasteiger partial charge in [-0.15, -0.1) is 6.42 Å². The van der Waals surface area contributed by atoms with Crippen LogP contribution >= 0.6 is 11.3 Å². The van der Waals surface area contributed by atoms with Crippen molar-refractivity contribution >= 4 is 26.7 Å². The van der Waals surface area contributed by atoms with Crippen LogP contribution in [0.25, 0.3) is 10.2 Å². The van der Waals surface area contributed by atoms with Crippen LogP contribution in [-0.4, -0.2) is 18.6 Å². The zero-order valence-electron chi connectivity index (χ0n) is 8.82. The molecule has 0 unspecified atom stereocenters. The number of thiazole rings is 1. The molecular weight excluding hydrogens is 204 g/mol. The number of nitrogens with zero attached hydrogens (tertiary/aromatic N) is 2. The van der Waals surface area contributed by atoms with Gasteiger partial charge in [-0.3, -0.25) is 0 Å². The molecule has 1 aromatic carbocycles. The predicted molar refractivity (Wildman–Crippen MR) is 66.5 cm³/mol. The van der Waals surface area contributed by atoms with E-state index < -0.39 is 0 Å². The summed E-state index contributed by atoms with van der Waals surface area (Å²) in [6, 6.07) is 6.22.